The van der Waals surface area contributed by atoms with Crippen molar-refractivity contribution in [2.45, 2.75) is 18.1 Å². The highest BCUT2D eigenvalue weighted by atomic mass is 32.1. The zero-order chi connectivity index (χ0) is 21.4. The molecule has 1 spiro atoms. The van der Waals surface area contributed by atoms with Gasteiger partial charge in [0.1, 0.15) is 34.3 Å². The van der Waals surface area contributed by atoms with Crippen molar-refractivity contribution in [1.29, 1.82) is 0 Å². The minimum Gasteiger partial charge on any atom is -0.491 e. The van der Waals surface area contributed by atoms with E-state index in [0.29, 0.717) is 28.1 Å². The third-order valence-electron chi connectivity index (χ3n) is 5.75. The van der Waals surface area contributed by atoms with Crippen LogP contribution in [0.3, 0.4) is 0 Å². The molecule has 6 rings (SSSR count). The van der Waals surface area contributed by atoms with Crippen LogP contribution in [0.25, 0.3) is 0 Å². The van der Waals surface area contributed by atoms with Gasteiger partial charge >= 0.3 is 6.18 Å². The molecule has 0 saturated heterocycles. The van der Waals surface area contributed by atoms with Crippen LogP contribution in [0.1, 0.15) is 22.6 Å². The smallest absolute Gasteiger partial charge is 0.449 e. The second-order valence-electron chi connectivity index (χ2n) is 7.43. The van der Waals surface area contributed by atoms with Gasteiger partial charge in [0, 0.05) is 23.4 Å². The molecule has 3 aliphatic rings. The lowest BCUT2D eigenvalue weighted by Gasteiger charge is -2.25. The van der Waals surface area contributed by atoms with Gasteiger partial charge < -0.3 is 23.5 Å². The van der Waals surface area contributed by atoms with E-state index in [0.717, 1.165) is 17.2 Å². The Morgan fingerprint density at radius 1 is 1.03 bits per heavy atom. The van der Waals surface area contributed by atoms with Gasteiger partial charge in [-0.1, -0.05) is 18.3 Å². The number of hydrogen-bond acceptors (Lipinski definition) is 6. The van der Waals surface area contributed by atoms with E-state index in [1.54, 1.807) is 23.2 Å². The van der Waals surface area contributed by atoms with E-state index >= 15 is 0 Å². The van der Waals surface area contributed by atoms with Crippen LogP contribution in [0.4, 0.5) is 19.0 Å². The normalized spacial score (nSPS) is 20.9. The second-order valence-corrected chi connectivity index (χ2v) is 7.81. The van der Waals surface area contributed by atoms with Crippen LogP contribution in [0.5, 0.6) is 17.2 Å². The molecule has 0 radical (unpaired) electrons. The van der Waals surface area contributed by atoms with E-state index in [4.69, 9.17) is 30.8 Å². The van der Waals surface area contributed by atoms with Crippen molar-refractivity contribution in [2.24, 2.45) is 0 Å². The number of anilines is 1. The number of aromatic nitrogens is 1. The summed E-state index contributed by atoms with van der Waals surface area (Å²) in [6.07, 6.45) is -2.94. The molecule has 158 valence electrons. The van der Waals surface area contributed by atoms with Crippen molar-refractivity contribution in [2.75, 3.05) is 18.3 Å². The molecule has 0 N–H and O–H groups in total. The minimum absolute atomic E-state index is 0.0144. The molecule has 31 heavy (non-hydrogen) atoms. The van der Waals surface area contributed by atoms with Gasteiger partial charge in [-0.05, 0) is 24.3 Å². The zero-order valence-corrected chi connectivity index (χ0v) is 16.5. The highest BCUT2D eigenvalue weighted by molar-refractivity contribution is 7.80. The van der Waals surface area contributed by atoms with Gasteiger partial charge in [-0.2, -0.15) is 13.2 Å². The molecule has 0 saturated carbocycles. The van der Waals surface area contributed by atoms with E-state index in [-0.39, 0.29) is 25.7 Å². The number of benzene rings is 1. The van der Waals surface area contributed by atoms with Crippen LogP contribution in [-0.4, -0.2) is 23.4 Å². The fraction of sp³-hybridized carbons (Fsp3) is 0.238. The summed E-state index contributed by atoms with van der Waals surface area (Å²) in [6, 6.07) is 9.55. The summed E-state index contributed by atoms with van der Waals surface area (Å²) in [4.78, 5) is 6.65. The number of rotatable bonds is 2. The van der Waals surface area contributed by atoms with Crippen molar-refractivity contribution in [3.63, 3.8) is 0 Å². The molecule has 0 aliphatic carbocycles. The first-order valence-corrected chi connectivity index (χ1v) is 9.79. The highest BCUT2D eigenvalue weighted by Gasteiger charge is 2.55. The number of furan rings is 1. The predicted molar refractivity (Wildman–Crippen MR) is 106 cm³/mol. The number of halogens is 3. The number of pyridine rings is 1. The lowest BCUT2D eigenvalue weighted by molar-refractivity contribution is -0.153. The molecule has 10 heteroatoms. The molecule has 5 heterocycles. The number of hydrogen-bond donors (Lipinski definition) is 0. The number of ether oxygens (including phenoxy) is 3. The monoisotopic (exact) mass is 446 g/mol. The van der Waals surface area contributed by atoms with Gasteiger partial charge in [-0.15, -0.1) is 0 Å². The number of nitrogens with zero attached hydrogens (tertiary/aromatic N) is 2. The largest absolute Gasteiger partial charge is 0.491 e. The fourth-order valence-corrected chi connectivity index (χ4v) is 4.77. The molecule has 0 amide bonds. The quantitative estimate of drug-likeness (QED) is 0.539. The molecule has 1 atom stereocenters. The third kappa shape index (κ3) is 2.51. The molecule has 3 aromatic rings. The van der Waals surface area contributed by atoms with Crippen LogP contribution >= 0.6 is 12.2 Å². The minimum atomic E-state index is -4.55. The van der Waals surface area contributed by atoms with E-state index < -0.39 is 17.4 Å². The van der Waals surface area contributed by atoms with Crippen LogP contribution in [0.15, 0.2) is 47.0 Å². The Bertz CT molecular complexity index is 1240. The maximum Gasteiger partial charge on any atom is 0.449 e. The van der Waals surface area contributed by atoms with Gasteiger partial charge in [-0.25, -0.2) is 4.98 Å². The van der Waals surface area contributed by atoms with Crippen molar-refractivity contribution in [3.8, 4) is 17.2 Å². The van der Waals surface area contributed by atoms with Crippen LogP contribution in [0.2, 0.25) is 0 Å². The summed E-state index contributed by atoms with van der Waals surface area (Å²) in [5.74, 6) is 1.46. The maximum atomic E-state index is 13.0. The molecule has 6 nitrogen and oxygen atoms in total. The summed E-state index contributed by atoms with van der Waals surface area (Å²) >= 11 is 5.87. The lowest BCUT2D eigenvalue weighted by atomic mass is 9.78. The van der Waals surface area contributed by atoms with Crippen LogP contribution < -0.4 is 19.1 Å². The van der Waals surface area contributed by atoms with Crippen molar-refractivity contribution in [3.05, 3.63) is 65.2 Å². The Balaban J connectivity index is 1.44. The van der Waals surface area contributed by atoms with Crippen molar-refractivity contribution >= 4 is 23.0 Å². The molecule has 3 aliphatic heterocycles. The molecular formula is C21H13F3N2O4S. The molecule has 2 aromatic heterocycles. The van der Waals surface area contributed by atoms with Gasteiger partial charge in [0.15, 0.2) is 11.5 Å². The average Bonchev–Trinajstić information content (AvgIpc) is 3.50. The van der Waals surface area contributed by atoms with Crippen molar-refractivity contribution < 1.29 is 31.8 Å². The van der Waals surface area contributed by atoms with Gasteiger partial charge in [0.05, 0.1) is 6.54 Å². The Labute approximate surface area is 179 Å². The third-order valence-corrected chi connectivity index (χ3v) is 6.31. The summed E-state index contributed by atoms with van der Waals surface area (Å²) < 4.78 is 60.9. The number of thiocarbonyl (C=S) groups is 1. The topological polar surface area (TPSA) is 57.0 Å². The molecule has 0 bridgehead atoms. The Kier molecular flexibility index (Phi) is 3.66. The molecule has 0 fully saturated rings. The highest BCUT2D eigenvalue weighted by Crippen LogP contribution is 2.55. The van der Waals surface area contributed by atoms with E-state index in [1.165, 1.54) is 6.07 Å². The summed E-state index contributed by atoms with van der Waals surface area (Å²) in [5, 5.41) is 0. The Morgan fingerprint density at radius 2 is 1.84 bits per heavy atom. The maximum absolute atomic E-state index is 13.0. The number of alkyl halides is 3. The standard InChI is InChI=1S/C21H13F3N2O4S/c22-21(23,24)17-4-3-11(30-17)8-26-18-12(2-1-5-25-18)20(19(26)31)9-27-14-7-16-15(6-13(14)20)28-10-29-16/h1-7H,8-10H2. The first kappa shape index (κ1) is 18.5. The van der Waals surface area contributed by atoms with Crippen molar-refractivity contribution in [1.82, 2.24) is 4.98 Å². The van der Waals surface area contributed by atoms with Gasteiger partial charge in [-0.3, -0.25) is 0 Å². The summed E-state index contributed by atoms with van der Waals surface area (Å²) in [5.41, 5.74) is 0.823. The van der Waals surface area contributed by atoms with E-state index in [2.05, 4.69) is 4.98 Å². The Morgan fingerprint density at radius 3 is 2.61 bits per heavy atom. The first-order valence-electron chi connectivity index (χ1n) is 9.38. The predicted octanol–water partition coefficient (Wildman–Crippen LogP) is 4.45. The number of fused-ring (bicyclic) bond motifs is 5. The SMILES string of the molecule is FC(F)(F)c1ccc(CN2C(=S)C3(COc4cc5c(cc43)OCO5)c3cccnc32)o1. The summed E-state index contributed by atoms with van der Waals surface area (Å²) in [6.45, 7) is 0.381. The summed E-state index contributed by atoms with van der Waals surface area (Å²) in [7, 11) is 0. The average molecular weight is 446 g/mol. The van der Waals surface area contributed by atoms with Gasteiger partial charge in [0.2, 0.25) is 12.6 Å². The van der Waals surface area contributed by atoms with Crippen LogP contribution in [0, 0.1) is 0 Å². The van der Waals surface area contributed by atoms with Crippen LogP contribution in [-0.2, 0) is 18.1 Å². The molecule has 1 aromatic carbocycles. The molecule has 1 unspecified atom stereocenters. The zero-order valence-electron chi connectivity index (χ0n) is 15.7. The lowest BCUT2D eigenvalue weighted by Crippen LogP contribution is -2.40. The van der Waals surface area contributed by atoms with E-state index in [9.17, 15) is 13.2 Å². The Hall–Kier alpha value is -3.27. The van der Waals surface area contributed by atoms with Gasteiger partial charge in [0.25, 0.3) is 0 Å². The van der Waals surface area contributed by atoms with E-state index in [1.807, 2.05) is 12.1 Å². The second kappa shape index (κ2) is 6.13. The fourth-order valence-electron chi connectivity index (χ4n) is 4.34. The first-order chi connectivity index (χ1) is 14.9. The molecular weight excluding hydrogens is 433 g/mol.